The van der Waals surface area contributed by atoms with Gasteiger partial charge < -0.3 is 14.8 Å². The molecule has 0 spiro atoms. The molecule has 0 rings (SSSR count). The minimum absolute atomic E-state index is 0.174. The Kier molecular flexibility index (Phi) is 6.70. The molecule has 0 saturated carbocycles. The topological polar surface area (TPSA) is 64.6 Å². The molecule has 0 aliphatic carbocycles. The third-order valence-corrected chi connectivity index (χ3v) is 1.60. The van der Waals surface area contributed by atoms with Gasteiger partial charge in [-0.15, -0.1) is 0 Å². The quantitative estimate of drug-likeness (QED) is 0.655. The molecule has 5 nitrogen and oxygen atoms in total. The van der Waals surface area contributed by atoms with Crippen LogP contribution in [0.3, 0.4) is 0 Å². The maximum Gasteiger partial charge on any atom is 0.302 e. The minimum Gasteiger partial charge on any atom is -0.462 e. The lowest BCUT2D eigenvalue weighted by atomic mass is 10.3. The van der Waals surface area contributed by atoms with Crippen molar-refractivity contribution < 1.29 is 19.1 Å². The molecular formula is C10H19NO4. The lowest BCUT2D eigenvalue weighted by Crippen LogP contribution is -2.34. The number of hydrogen-bond donors (Lipinski definition) is 1. The van der Waals surface area contributed by atoms with Crippen molar-refractivity contribution in [2.24, 2.45) is 0 Å². The molecule has 88 valence electrons. The zero-order chi connectivity index (χ0) is 11.8. The van der Waals surface area contributed by atoms with Gasteiger partial charge >= 0.3 is 11.9 Å². The van der Waals surface area contributed by atoms with E-state index in [2.05, 4.69) is 5.32 Å². The molecule has 0 radical (unpaired) electrons. The molecule has 2 atom stereocenters. The van der Waals surface area contributed by atoms with Crippen molar-refractivity contribution in [3.63, 3.8) is 0 Å². The molecular weight excluding hydrogens is 198 g/mol. The van der Waals surface area contributed by atoms with E-state index in [0.29, 0.717) is 13.1 Å². The highest BCUT2D eigenvalue weighted by Crippen LogP contribution is 1.92. The molecule has 0 saturated heterocycles. The average molecular weight is 217 g/mol. The zero-order valence-corrected chi connectivity index (χ0v) is 9.70. The van der Waals surface area contributed by atoms with E-state index in [-0.39, 0.29) is 24.1 Å². The van der Waals surface area contributed by atoms with Crippen molar-refractivity contribution in [3.8, 4) is 0 Å². The second kappa shape index (κ2) is 7.23. The van der Waals surface area contributed by atoms with Crippen LogP contribution in [0.5, 0.6) is 0 Å². The van der Waals surface area contributed by atoms with Crippen LogP contribution in [0.1, 0.15) is 27.7 Å². The number of nitrogens with one attached hydrogen (secondary N) is 1. The lowest BCUT2D eigenvalue weighted by Gasteiger charge is -2.15. The van der Waals surface area contributed by atoms with Crippen LogP contribution in [0.15, 0.2) is 0 Å². The Labute approximate surface area is 90.1 Å². The van der Waals surface area contributed by atoms with Crippen molar-refractivity contribution in [3.05, 3.63) is 0 Å². The fourth-order valence-corrected chi connectivity index (χ4v) is 1.14. The van der Waals surface area contributed by atoms with Crippen LogP contribution in [0.2, 0.25) is 0 Å². The van der Waals surface area contributed by atoms with Gasteiger partial charge in [0, 0.05) is 26.9 Å². The Morgan fingerprint density at radius 1 is 1.00 bits per heavy atom. The van der Waals surface area contributed by atoms with Crippen LogP contribution in [0.25, 0.3) is 0 Å². The predicted octanol–water partition coefficient (Wildman–Crippen LogP) is 0.479. The molecule has 0 aromatic rings. The van der Waals surface area contributed by atoms with E-state index in [4.69, 9.17) is 9.47 Å². The summed E-state index contributed by atoms with van der Waals surface area (Å²) in [7, 11) is 0. The van der Waals surface area contributed by atoms with E-state index in [1.807, 2.05) is 0 Å². The molecule has 0 aliphatic heterocycles. The van der Waals surface area contributed by atoms with Gasteiger partial charge in [-0.3, -0.25) is 9.59 Å². The summed E-state index contributed by atoms with van der Waals surface area (Å²) in [5.74, 6) is -0.588. The van der Waals surface area contributed by atoms with E-state index in [1.165, 1.54) is 13.8 Å². The standard InChI is InChI=1S/C10H19NO4/c1-7(14-9(3)12)5-11-6-8(2)15-10(4)13/h7-8,11H,5-6H2,1-4H3. The average Bonchev–Trinajstić information content (AvgIpc) is 2.00. The van der Waals surface area contributed by atoms with Gasteiger partial charge in [0.25, 0.3) is 0 Å². The largest absolute Gasteiger partial charge is 0.462 e. The van der Waals surface area contributed by atoms with Crippen molar-refractivity contribution in [2.45, 2.75) is 39.9 Å². The maximum atomic E-state index is 10.6. The highest BCUT2D eigenvalue weighted by atomic mass is 16.5. The first-order valence-electron chi connectivity index (χ1n) is 4.97. The van der Waals surface area contributed by atoms with Gasteiger partial charge in [-0.05, 0) is 13.8 Å². The summed E-state index contributed by atoms with van der Waals surface area (Å²) in [5, 5.41) is 3.04. The van der Waals surface area contributed by atoms with Crippen molar-refractivity contribution in [1.82, 2.24) is 5.32 Å². The number of esters is 2. The summed E-state index contributed by atoms with van der Waals surface area (Å²) in [6, 6.07) is 0. The summed E-state index contributed by atoms with van der Waals surface area (Å²) < 4.78 is 9.81. The second-order valence-corrected chi connectivity index (χ2v) is 3.50. The molecule has 15 heavy (non-hydrogen) atoms. The monoisotopic (exact) mass is 217 g/mol. The third kappa shape index (κ3) is 9.21. The van der Waals surface area contributed by atoms with Gasteiger partial charge in [0.15, 0.2) is 0 Å². The van der Waals surface area contributed by atoms with Crippen LogP contribution in [0.4, 0.5) is 0 Å². The fourth-order valence-electron chi connectivity index (χ4n) is 1.14. The summed E-state index contributed by atoms with van der Waals surface area (Å²) in [5.41, 5.74) is 0. The number of ether oxygens (including phenoxy) is 2. The first-order valence-corrected chi connectivity index (χ1v) is 4.97. The van der Waals surface area contributed by atoms with E-state index in [1.54, 1.807) is 13.8 Å². The van der Waals surface area contributed by atoms with Crippen LogP contribution < -0.4 is 5.32 Å². The molecule has 0 aromatic carbocycles. The predicted molar refractivity (Wildman–Crippen MR) is 55.3 cm³/mol. The van der Waals surface area contributed by atoms with Gasteiger partial charge in [0.05, 0.1) is 0 Å². The van der Waals surface area contributed by atoms with Gasteiger partial charge in [-0.25, -0.2) is 0 Å². The smallest absolute Gasteiger partial charge is 0.302 e. The highest BCUT2D eigenvalue weighted by Gasteiger charge is 2.07. The number of carbonyl (C=O) groups is 2. The van der Waals surface area contributed by atoms with Gasteiger partial charge in [-0.2, -0.15) is 0 Å². The maximum absolute atomic E-state index is 10.6. The molecule has 0 amide bonds. The summed E-state index contributed by atoms with van der Waals surface area (Å²) in [4.78, 5) is 21.2. The van der Waals surface area contributed by atoms with Gasteiger partial charge in [-0.1, -0.05) is 0 Å². The van der Waals surface area contributed by atoms with Crippen molar-refractivity contribution in [2.75, 3.05) is 13.1 Å². The molecule has 2 unspecified atom stereocenters. The number of rotatable bonds is 6. The number of hydrogen-bond acceptors (Lipinski definition) is 5. The molecule has 0 bridgehead atoms. The second-order valence-electron chi connectivity index (χ2n) is 3.50. The van der Waals surface area contributed by atoms with Crippen molar-refractivity contribution in [1.29, 1.82) is 0 Å². The summed E-state index contributed by atoms with van der Waals surface area (Å²) in [6.45, 7) is 7.43. The Bertz CT molecular complexity index is 195. The first-order chi connectivity index (χ1) is 6.91. The van der Waals surface area contributed by atoms with Crippen LogP contribution in [-0.4, -0.2) is 37.2 Å². The lowest BCUT2D eigenvalue weighted by molar-refractivity contribution is -0.145. The molecule has 0 heterocycles. The zero-order valence-electron chi connectivity index (χ0n) is 9.70. The Morgan fingerprint density at radius 2 is 1.33 bits per heavy atom. The fraction of sp³-hybridized carbons (Fsp3) is 0.800. The summed E-state index contributed by atoms with van der Waals surface area (Å²) >= 11 is 0. The van der Waals surface area contributed by atoms with Gasteiger partial charge in [0.2, 0.25) is 0 Å². The minimum atomic E-state index is -0.294. The Morgan fingerprint density at radius 3 is 1.60 bits per heavy atom. The third-order valence-electron chi connectivity index (χ3n) is 1.60. The van der Waals surface area contributed by atoms with Gasteiger partial charge in [0.1, 0.15) is 12.2 Å². The molecule has 0 fully saturated rings. The number of carbonyl (C=O) groups excluding carboxylic acids is 2. The SMILES string of the molecule is CC(=O)OC(C)CNCC(C)OC(C)=O. The van der Waals surface area contributed by atoms with Crippen LogP contribution >= 0.6 is 0 Å². The van der Waals surface area contributed by atoms with E-state index < -0.39 is 0 Å². The molecule has 0 aliphatic rings. The van der Waals surface area contributed by atoms with Crippen LogP contribution in [0, 0.1) is 0 Å². The highest BCUT2D eigenvalue weighted by molar-refractivity contribution is 5.66. The van der Waals surface area contributed by atoms with E-state index >= 15 is 0 Å². The van der Waals surface area contributed by atoms with Crippen LogP contribution in [-0.2, 0) is 19.1 Å². The molecule has 5 heteroatoms. The molecule has 1 N–H and O–H groups in total. The van der Waals surface area contributed by atoms with E-state index in [0.717, 1.165) is 0 Å². The van der Waals surface area contributed by atoms with E-state index in [9.17, 15) is 9.59 Å². The van der Waals surface area contributed by atoms with Crippen molar-refractivity contribution >= 4 is 11.9 Å². The summed E-state index contributed by atoms with van der Waals surface area (Å²) in [6.07, 6.45) is -0.348. The first kappa shape index (κ1) is 13.9. The Balaban J connectivity index is 3.52. The normalized spacial score (nSPS) is 14.1. The molecule has 0 aromatic heterocycles. The Hall–Kier alpha value is -1.10.